The molecule has 0 saturated heterocycles. The van der Waals surface area contributed by atoms with Crippen LogP contribution < -0.4 is 5.32 Å². The van der Waals surface area contributed by atoms with E-state index in [9.17, 15) is 19.8 Å². The first-order chi connectivity index (χ1) is 42.0. The van der Waals surface area contributed by atoms with Gasteiger partial charge in [0, 0.05) is 12.8 Å². The number of carbonyl (C=O) groups is 2. The largest absolute Gasteiger partial charge is 0.466 e. The number of amides is 1. The van der Waals surface area contributed by atoms with E-state index >= 15 is 0 Å². The van der Waals surface area contributed by atoms with Crippen LogP contribution in [0, 0.1) is 0 Å². The van der Waals surface area contributed by atoms with Crippen LogP contribution in [0.1, 0.15) is 444 Å². The smallest absolute Gasteiger partial charge is 0.305 e. The first-order valence-corrected chi connectivity index (χ1v) is 39.1. The van der Waals surface area contributed by atoms with E-state index in [1.807, 2.05) is 6.08 Å². The van der Waals surface area contributed by atoms with Gasteiger partial charge >= 0.3 is 5.97 Å². The monoisotopic (exact) mass is 1200 g/mol. The number of esters is 1. The second-order valence-electron chi connectivity index (χ2n) is 27.0. The first-order valence-electron chi connectivity index (χ1n) is 39.1. The van der Waals surface area contributed by atoms with Gasteiger partial charge in [-0.15, -0.1) is 0 Å². The molecule has 85 heavy (non-hydrogen) atoms. The Hall–Kier alpha value is -1.66. The molecule has 0 radical (unpaired) electrons. The summed E-state index contributed by atoms with van der Waals surface area (Å²) in [6.45, 7) is 4.93. The van der Waals surface area contributed by atoms with E-state index in [2.05, 4.69) is 31.3 Å². The second-order valence-corrected chi connectivity index (χ2v) is 27.0. The molecule has 0 aromatic heterocycles. The van der Waals surface area contributed by atoms with Crippen molar-refractivity contribution in [3.05, 3.63) is 24.3 Å². The quantitative estimate of drug-likeness (QED) is 0.0320. The highest BCUT2D eigenvalue weighted by Crippen LogP contribution is 2.20. The average Bonchev–Trinajstić information content (AvgIpc) is 3.52. The number of aliphatic hydroxyl groups is 2. The fourth-order valence-corrected chi connectivity index (χ4v) is 12.5. The molecule has 0 rings (SSSR count). The molecule has 0 aliphatic carbocycles. The van der Waals surface area contributed by atoms with Crippen LogP contribution >= 0.6 is 0 Å². The van der Waals surface area contributed by atoms with E-state index in [0.717, 1.165) is 38.5 Å². The Morgan fingerprint density at radius 2 is 0.553 bits per heavy atom. The molecule has 2 unspecified atom stereocenters. The standard InChI is InChI=1S/C79H153NO5/c1-3-5-7-9-11-13-15-17-18-19-39-43-46-49-53-57-61-65-69-73-79(84)85-74-70-66-62-58-54-50-47-44-41-38-36-34-32-30-28-26-24-22-20-21-23-25-27-29-31-33-35-37-40-42-45-48-52-56-60-64-68-72-78(83)80-76(75-81)77(82)71-67-63-59-55-51-16-14-12-10-8-6-4-2/h17-18,67,71,76-77,81-82H,3-16,19-66,68-70,72-75H2,1-2H3,(H,80,83)/b18-17-,71-67+. The van der Waals surface area contributed by atoms with Crippen LogP contribution in [0.5, 0.6) is 0 Å². The minimum Gasteiger partial charge on any atom is -0.466 e. The van der Waals surface area contributed by atoms with Crippen LogP contribution in [-0.4, -0.2) is 47.4 Å². The molecule has 6 nitrogen and oxygen atoms in total. The molecule has 0 aliphatic rings. The third-order valence-corrected chi connectivity index (χ3v) is 18.5. The van der Waals surface area contributed by atoms with E-state index in [4.69, 9.17) is 4.74 Å². The summed E-state index contributed by atoms with van der Waals surface area (Å²) in [7, 11) is 0. The highest BCUT2D eigenvalue weighted by atomic mass is 16.5. The fraction of sp³-hybridized carbons (Fsp3) is 0.924. The van der Waals surface area contributed by atoms with Crippen LogP contribution in [0.2, 0.25) is 0 Å². The minimum absolute atomic E-state index is 0.0236. The van der Waals surface area contributed by atoms with Gasteiger partial charge in [0.2, 0.25) is 5.91 Å². The third-order valence-electron chi connectivity index (χ3n) is 18.5. The Balaban J connectivity index is 3.28. The lowest BCUT2D eigenvalue weighted by Gasteiger charge is -2.20. The zero-order valence-corrected chi connectivity index (χ0v) is 57.9. The molecular weight excluding hydrogens is 1040 g/mol. The summed E-state index contributed by atoms with van der Waals surface area (Å²) in [5.74, 6) is -0.0371. The van der Waals surface area contributed by atoms with Gasteiger partial charge in [-0.25, -0.2) is 0 Å². The molecule has 504 valence electrons. The van der Waals surface area contributed by atoms with Crippen LogP contribution in [0.3, 0.4) is 0 Å². The zero-order chi connectivity index (χ0) is 61.3. The molecule has 0 spiro atoms. The Morgan fingerprint density at radius 1 is 0.318 bits per heavy atom. The summed E-state index contributed by atoms with van der Waals surface area (Å²) in [5.41, 5.74) is 0. The number of hydrogen-bond acceptors (Lipinski definition) is 5. The topological polar surface area (TPSA) is 95.9 Å². The highest BCUT2D eigenvalue weighted by molar-refractivity contribution is 5.76. The molecule has 0 saturated carbocycles. The number of rotatable bonds is 74. The van der Waals surface area contributed by atoms with E-state index in [1.165, 1.54) is 379 Å². The molecule has 0 heterocycles. The van der Waals surface area contributed by atoms with Gasteiger partial charge in [0.1, 0.15) is 0 Å². The van der Waals surface area contributed by atoms with Gasteiger partial charge in [-0.2, -0.15) is 0 Å². The summed E-state index contributed by atoms with van der Waals surface area (Å²) in [5, 5.41) is 23.1. The summed E-state index contributed by atoms with van der Waals surface area (Å²) in [6.07, 6.45) is 96.0. The predicted molar refractivity (Wildman–Crippen MR) is 375 cm³/mol. The summed E-state index contributed by atoms with van der Waals surface area (Å²) in [6, 6.07) is -0.622. The Morgan fingerprint density at radius 3 is 0.835 bits per heavy atom. The molecule has 0 bridgehead atoms. The van der Waals surface area contributed by atoms with E-state index in [0.29, 0.717) is 19.4 Å². The Kier molecular flexibility index (Phi) is 73.3. The molecule has 2 atom stereocenters. The Bertz CT molecular complexity index is 1330. The van der Waals surface area contributed by atoms with Crippen molar-refractivity contribution in [2.45, 2.75) is 456 Å². The molecule has 3 N–H and O–H groups in total. The zero-order valence-electron chi connectivity index (χ0n) is 57.9. The van der Waals surface area contributed by atoms with Crippen molar-refractivity contribution in [3.63, 3.8) is 0 Å². The lowest BCUT2D eigenvalue weighted by atomic mass is 10.0. The third kappa shape index (κ3) is 71.3. The van der Waals surface area contributed by atoms with Crippen LogP contribution in [-0.2, 0) is 14.3 Å². The van der Waals surface area contributed by atoms with Gasteiger partial charge in [-0.1, -0.05) is 398 Å². The van der Waals surface area contributed by atoms with Gasteiger partial charge in [-0.05, 0) is 57.8 Å². The summed E-state index contributed by atoms with van der Waals surface area (Å²) < 4.78 is 5.52. The molecule has 0 aromatic carbocycles. The number of unbranched alkanes of at least 4 members (excludes halogenated alkanes) is 61. The van der Waals surface area contributed by atoms with Gasteiger partial charge in [0.25, 0.3) is 0 Å². The van der Waals surface area contributed by atoms with Crippen molar-refractivity contribution in [3.8, 4) is 0 Å². The molecule has 1 amide bonds. The maximum Gasteiger partial charge on any atom is 0.305 e. The molecule has 6 heteroatoms. The van der Waals surface area contributed by atoms with Gasteiger partial charge in [0.05, 0.1) is 25.4 Å². The summed E-state index contributed by atoms with van der Waals surface area (Å²) in [4.78, 5) is 24.6. The SMILES string of the molecule is CCCCCCCC/C=C\CCCCCCCCCCCC(=O)OCCCCCCCCCCCCCCCCCCCCCCCCCCCCCCCCCCCCCCCC(=O)NC(CO)C(O)/C=C/CCCCCCCCCCCC. The maximum absolute atomic E-state index is 12.5. The van der Waals surface area contributed by atoms with Crippen molar-refractivity contribution in [2.24, 2.45) is 0 Å². The number of nitrogens with one attached hydrogen (secondary N) is 1. The average molecular weight is 1200 g/mol. The molecule has 0 fully saturated rings. The van der Waals surface area contributed by atoms with Crippen LogP contribution in [0.15, 0.2) is 24.3 Å². The fourth-order valence-electron chi connectivity index (χ4n) is 12.5. The van der Waals surface area contributed by atoms with Crippen LogP contribution in [0.25, 0.3) is 0 Å². The maximum atomic E-state index is 12.5. The van der Waals surface area contributed by atoms with Crippen molar-refractivity contribution < 1.29 is 24.5 Å². The van der Waals surface area contributed by atoms with Crippen LogP contribution in [0.4, 0.5) is 0 Å². The van der Waals surface area contributed by atoms with Crippen molar-refractivity contribution in [1.82, 2.24) is 5.32 Å². The second kappa shape index (κ2) is 74.8. The van der Waals surface area contributed by atoms with E-state index < -0.39 is 12.1 Å². The lowest BCUT2D eigenvalue weighted by molar-refractivity contribution is -0.143. The number of hydrogen-bond donors (Lipinski definition) is 3. The number of carbonyl (C=O) groups excluding carboxylic acids is 2. The highest BCUT2D eigenvalue weighted by Gasteiger charge is 2.18. The van der Waals surface area contributed by atoms with Gasteiger partial charge in [0.15, 0.2) is 0 Å². The van der Waals surface area contributed by atoms with Crippen molar-refractivity contribution >= 4 is 11.9 Å². The number of aliphatic hydroxyl groups excluding tert-OH is 2. The van der Waals surface area contributed by atoms with E-state index in [1.54, 1.807) is 6.08 Å². The first kappa shape index (κ1) is 83.3. The Labute approximate surface area is 532 Å². The number of ether oxygens (including phenoxy) is 1. The molecular formula is C79H153NO5. The lowest BCUT2D eigenvalue weighted by Crippen LogP contribution is -2.45. The van der Waals surface area contributed by atoms with Gasteiger partial charge in [-0.3, -0.25) is 9.59 Å². The predicted octanol–water partition coefficient (Wildman–Crippen LogP) is 25.7. The molecule has 0 aromatic rings. The summed E-state index contributed by atoms with van der Waals surface area (Å²) >= 11 is 0. The van der Waals surface area contributed by atoms with Crippen molar-refractivity contribution in [2.75, 3.05) is 13.2 Å². The normalized spacial score (nSPS) is 12.6. The number of allylic oxidation sites excluding steroid dienone is 3. The molecule has 0 aliphatic heterocycles. The minimum atomic E-state index is -0.839. The van der Waals surface area contributed by atoms with Gasteiger partial charge < -0.3 is 20.3 Å². The van der Waals surface area contributed by atoms with E-state index in [-0.39, 0.29) is 18.5 Å². The van der Waals surface area contributed by atoms with Crippen molar-refractivity contribution in [1.29, 1.82) is 0 Å².